The lowest BCUT2D eigenvalue weighted by molar-refractivity contribution is -0.116. The van der Waals surface area contributed by atoms with Crippen LogP contribution in [0, 0.1) is 5.92 Å². The molecule has 16 heavy (non-hydrogen) atoms. The van der Waals surface area contributed by atoms with Crippen molar-refractivity contribution in [3.8, 4) is 0 Å². The van der Waals surface area contributed by atoms with Gasteiger partial charge in [-0.3, -0.25) is 4.79 Å². The highest BCUT2D eigenvalue weighted by Gasteiger charge is 2.29. The van der Waals surface area contributed by atoms with Crippen LogP contribution in [0.5, 0.6) is 0 Å². The molecule has 0 radical (unpaired) electrons. The second kappa shape index (κ2) is 5.46. The quantitative estimate of drug-likeness (QED) is 0.818. The normalized spacial score (nSPS) is 25.3. The van der Waals surface area contributed by atoms with Crippen LogP contribution in [0.3, 0.4) is 0 Å². The Hall–Kier alpha value is -0.860. The Labute approximate surface area is 101 Å². The van der Waals surface area contributed by atoms with E-state index in [9.17, 15) is 4.79 Å². The largest absolute Gasteiger partial charge is 0.313 e. The summed E-state index contributed by atoms with van der Waals surface area (Å²) in [4.78, 5) is 11.3. The zero-order valence-corrected chi connectivity index (χ0v) is 9.91. The van der Waals surface area contributed by atoms with Crippen LogP contribution in [-0.2, 0) is 11.2 Å². The Morgan fingerprint density at radius 3 is 2.81 bits per heavy atom. The minimum Gasteiger partial charge on any atom is -0.313 e. The molecule has 1 aromatic rings. The van der Waals surface area contributed by atoms with Crippen LogP contribution < -0.4 is 5.32 Å². The molecule has 0 aliphatic carbocycles. The van der Waals surface area contributed by atoms with Gasteiger partial charge in [0, 0.05) is 12.0 Å². The van der Waals surface area contributed by atoms with Crippen LogP contribution in [-0.4, -0.2) is 17.8 Å². The summed E-state index contributed by atoms with van der Waals surface area (Å²) in [6.07, 6.45) is 2.82. The number of piperidine rings is 1. The number of nitrogens with one attached hydrogen (secondary N) is 1. The molecule has 2 unspecified atom stereocenters. The average Bonchev–Trinajstić information content (AvgIpc) is 2.31. The lowest BCUT2D eigenvalue weighted by Gasteiger charge is -2.30. The maximum atomic E-state index is 11.3. The number of carbonyl (C=O) groups is 1. The zero-order chi connectivity index (χ0) is 11.4. The summed E-state index contributed by atoms with van der Waals surface area (Å²) >= 11 is 5.64. The van der Waals surface area contributed by atoms with E-state index in [2.05, 4.69) is 17.4 Å². The van der Waals surface area contributed by atoms with Gasteiger partial charge in [-0.1, -0.05) is 30.3 Å². The van der Waals surface area contributed by atoms with Crippen LogP contribution in [0.2, 0.25) is 0 Å². The van der Waals surface area contributed by atoms with E-state index in [1.54, 1.807) is 0 Å². The molecule has 0 amide bonds. The van der Waals surface area contributed by atoms with Gasteiger partial charge in [-0.15, -0.1) is 0 Å². The van der Waals surface area contributed by atoms with Gasteiger partial charge in [0.05, 0.1) is 0 Å². The molecule has 0 spiro atoms. The van der Waals surface area contributed by atoms with Crippen molar-refractivity contribution in [2.45, 2.75) is 25.3 Å². The van der Waals surface area contributed by atoms with Crippen LogP contribution in [0.15, 0.2) is 30.3 Å². The summed E-state index contributed by atoms with van der Waals surface area (Å²) in [6.45, 7) is 0.984. The summed E-state index contributed by atoms with van der Waals surface area (Å²) < 4.78 is 0. The average molecular weight is 238 g/mol. The second-order valence-corrected chi connectivity index (χ2v) is 4.68. The van der Waals surface area contributed by atoms with Gasteiger partial charge in [0.15, 0.2) is 0 Å². The fraction of sp³-hybridized carbons (Fsp3) is 0.462. The summed E-state index contributed by atoms with van der Waals surface area (Å²) in [5, 5.41) is 3.19. The molecule has 1 N–H and O–H groups in total. The summed E-state index contributed by atoms with van der Waals surface area (Å²) in [6, 6.07) is 10.4. The van der Waals surface area contributed by atoms with E-state index >= 15 is 0 Å². The van der Waals surface area contributed by atoms with Crippen LogP contribution in [0.25, 0.3) is 0 Å². The maximum Gasteiger partial charge on any atom is 0.226 e. The van der Waals surface area contributed by atoms with Gasteiger partial charge in [0.25, 0.3) is 0 Å². The topological polar surface area (TPSA) is 29.1 Å². The monoisotopic (exact) mass is 237 g/mol. The van der Waals surface area contributed by atoms with Gasteiger partial charge in [-0.25, -0.2) is 0 Å². The Bertz CT molecular complexity index is 352. The number of halogens is 1. The molecule has 2 nitrogen and oxygen atoms in total. The van der Waals surface area contributed by atoms with Gasteiger partial charge in [-0.05, 0) is 43.0 Å². The molecule has 2 rings (SSSR count). The third-order valence-corrected chi connectivity index (χ3v) is 3.45. The Balaban J connectivity index is 2.04. The zero-order valence-electron chi connectivity index (χ0n) is 9.16. The lowest BCUT2D eigenvalue weighted by Crippen LogP contribution is -2.45. The van der Waals surface area contributed by atoms with E-state index in [4.69, 9.17) is 11.6 Å². The minimum atomic E-state index is -0.201. The van der Waals surface area contributed by atoms with Crippen molar-refractivity contribution >= 4 is 16.8 Å². The standard InChI is InChI=1S/C13H16ClNO/c14-13(16)11-7-4-8-15-12(11)9-10-5-2-1-3-6-10/h1-3,5-6,11-12,15H,4,7-9H2. The first kappa shape index (κ1) is 11.6. The van der Waals surface area contributed by atoms with Crippen molar-refractivity contribution in [2.75, 3.05) is 6.54 Å². The fourth-order valence-electron chi connectivity index (χ4n) is 2.31. The molecule has 3 heteroatoms. The Morgan fingerprint density at radius 1 is 1.38 bits per heavy atom. The second-order valence-electron chi connectivity index (χ2n) is 4.30. The van der Waals surface area contributed by atoms with Gasteiger partial charge in [0.2, 0.25) is 5.24 Å². The molecule has 1 aliphatic rings. The van der Waals surface area contributed by atoms with Gasteiger partial charge in [-0.2, -0.15) is 0 Å². The molecule has 0 saturated carbocycles. The van der Waals surface area contributed by atoms with E-state index in [-0.39, 0.29) is 17.2 Å². The number of carbonyl (C=O) groups excluding carboxylic acids is 1. The highest BCUT2D eigenvalue weighted by Crippen LogP contribution is 2.22. The Kier molecular flexibility index (Phi) is 3.97. The summed E-state index contributed by atoms with van der Waals surface area (Å²) in [5.41, 5.74) is 1.25. The van der Waals surface area contributed by atoms with Crippen molar-refractivity contribution in [1.29, 1.82) is 0 Å². The van der Waals surface area contributed by atoms with Gasteiger partial charge in [0.1, 0.15) is 0 Å². The lowest BCUT2D eigenvalue weighted by atomic mass is 9.88. The number of hydrogen-bond acceptors (Lipinski definition) is 2. The molecular formula is C13H16ClNO. The van der Waals surface area contributed by atoms with Crippen molar-refractivity contribution in [3.63, 3.8) is 0 Å². The van der Waals surface area contributed by atoms with E-state index in [0.29, 0.717) is 0 Å². The van der Waals surface area contributed by atoms with E-state index in [1.165, 1.54) is 5.56 Å². The predicted octanol–water partition coefficient (Wildman–Crippen LogP) is 2.36. The van der Waals surface area contributed by atoms with E-state index in [1.807, 2.05) is 18.2 Å². The third-order valence-electron chi connectivity index (χ3n) is 3.17. The molecule has 0 bridgehead atoms. The highest BCUT2D eigenvalue weighted by atomic mass is 35.5. The number of benzene rings is 1. The SMILES string of the molecule is O=C(Cl)C1CCCNC1Cc1ccccc1. The summed E-state index contributed by atoms with van der Waals surface area (Å²) in [5.74, 6) is -0.0318. The van der Waals surface area contributed by atoms with Crippen molar-refractivity contribution < 1.29 is 4.79 Å². The molecule has 1 aliphatic heterocycles. The molecule has 1 aromatic carbocycles. The fourth-order valence-corrected chi connectivity index (χ4v) is 2.57. The molecular weight excluding hydrogens is 222 g/mol. The van der Waals surface area contributed by atoms with Crippen LogP contribution in [0.4, 0.5) is 0 Å². The maximum absolute atomic E-state index is 11.3. The third kappa shape index (κ3) is 2.83. The summed E-state index contributed by atoms with van der Waals surface area (Å²) in [7, 11) is 0. The smallest absolute Gasteiger partial charge is 0.226 e. The van der Waals surface area contributed by atoms with Crippen molar-refractivity contribution in [2.24, 2.45) is 5.92 Å². The van der Waals surface area contributed by atoms with Crippen LogP contribution >= 0.6 is 11.6 Å². The van der Waals surface area contributed by atoms with Gasteiger partial charge >= 0.3 is 0 Å². The minimum absolute atomic E-state index is 0.0318. The number of hydrogen-bond donors (Lipinski definition) is 1. The van der Waals surface area contributed by atoms with Crippen molar-refractivity contribution in [1.82, 2.24) is 5.32 Å². The molecule has 1 fully saturated rings. The molecule has 86 valence electrons. The van der Waals surface area contributed by atoms with Crippen LogP contribution in [0.1, 0.15) is 18.4 Å². The van der Waals surface area contributed by atoms with Crippen molar-refractivity contribution in [3.05, 3.63) is 35.9 Å². The van der Waals surface area contributed by atoms with Gasteiger partial charge < -0.3 is 5.32 Å². The Morgan fingerprint density at radius 2 is 2.12 bits per heavy atom. The molecule has 1 heterocycles. The predicted molar refractivity (Wildman–Crippen MR) is 65.5 cm³/mol. The molecule has 0 aromatic heterocycles. The first-order valence-corrected chi connectivity index (χ1v) is 6.12. The molecule has 1 saturated heterocycles. The molecule has 2 atom stereocenters. The van der Waals surface area contributed by atoms with E-state index in [0.717, 1.165) is 25.8 Å². The first-order valence-electron chi connectivity index (χ1n) is 5.74. The van der Waals surface area contributed by atoms with E-state index < -0.39 is 0 Å². The highest BCUT2D eigenvalue weighted by molar-refractivity contribution is 6.64. The first-order chi connectivity index (χ1) is 7.77. The number of rotatable bonds is 3.